The molecule has 0 saturated carbocycles. The van der Waals surface area contributed by atoms with Crippen LogP contribution >= 0.6 is 24.0 Å². The number of nitrogens with zero attached hydrogens (tertiary/aromatic N) is 3. The molecule has 1 aliphatic heterocycles. The number of nitrogens with one attached hydrogen (secondary N) is 1. The first kappa shape index (κ1) is 17.7. The number of pyridine rings is 1. The van der Waals surface area contributed by atoms with Crippen molar-refractivity contribution >= 4 is 35.8 Å². The molecule has 1 amide bonds. The van der Waals surface area contributed by atoms with Crippen LogP contribution in [-0.4, -0.2) is 47.9 Å². The van der Waals surface area contributed by atoms with Crippen LogP contribution in [0.2, 0.25) is 0 Å². The first-order valence-electron chi connectivity index (χ1n) is 6.97. The summed E-state index contributed by atoms with van der Waals surface area (Å²) in [7, 11) is 0. The van der Waals surface area contributed by atoms with E-state index >= 15 is 0 Å². The zero-order valence-corrected chi connectivity index (χ0v) is 14.3. The minimum Gasteiger partial charge on any atom is -0.370 e. The lowest BCUT2D eigenvalue weighted by Crippen LogP contribution is -2.35. The van der Waals surface area contributed by atoms with Gasteiger partial charge < -0.3 is 16.0 Å². The van der Waals surface area contributed by atoms with E-state index in [1.54, 1.807) is 6.20 Å². The van der Waals surface area contributed by atoms with Gasteiger partial charge in [0.25, 0.3) is 0 Å². The first-order valence-corrected chi connectivity index (χ1v) is 6.97. The van der Waals surface area contributed by atoms with Gasteiger partial charge in [0.2, 0.25) is 5.91 Å². The standard InChI is InChI=1S/C14H21N5O.HI/c15-14(17-8-6-12-5-1-2-7-16-12)18-11-13(20)19-9-3-4-10-19;/h1-2,5,7H,3-4,6,8-11H2,(H3,15,17,18);1H. The summed E-state index contributed by atoms with van der Waals surface area (Å²) in [5.74, 6) is 0.366. The molecule has 0 unspecified atom stereocenters. The van der Waals surface area contributed by atoms with Crippen LogP contribution in [0.15, 0.2) is 29.4 Å². The van der Waals surface area contributed by atoms with E-state index in [0.29, 0.717) is 12.5 Å². The predicted molar refractivity (Wildman–Crippen MR) is 93.7 cm³/mol. The molecule has 1 aliphatic rings. The second-order valence-corrected chi connectivity index (χ2v) is 4.79. The molecule has 116 valence electrons. The number of carbonyl (C=O) groups is 1. The highest BCUT2D eigenvalue weighted by Gasteiger charge is 2.16. The summed E-state index contributed by atoms with van der Waals surface area (Å²) in [4.78, 5) is 21.9. The number of aliphatic imine (C=N–C) groups is 1. The van der Waals surface area contributed by atoms with Crippen LogP contribution in [0, 0.1) is 0 Å². The molecule has 3 N–H and O–H groups in total. The average molecular weight is 403 g/mol. The smallest absolute Gasteiger partial charge is 0.244 e. The van der Waals surface area contributed by atoms with Gasteiger partial charge in [0.15, 0.2) is 5.96 Å². The lowest BCUT2D eigenvalue weighted by atomic mass is 10.3. The number of guanidine groups is 1. The molecule has 21 heavy (non-hydrogen) atoms. The van der Waals surface area contributed by atoms with Crippen molar-refractivity contribution < 1.29 is 4.79 Å². The molecule has 0 aliphatic carbocycles. The van der Waals surface area contributed by atoms with Gasteiger partial charge in [0.1, 0.15) is 6.54 Å². The van der Waals surface area contributed by atoms with Crippen LogP contribution in [0.3, 0.4) is 0 Å². The third kappa shape index (κ3) is 6.28. The number of nitrogens with two attached hydrogens (primary N) is 1. The second-order valence-electron chi connectivity index (χ2n) is 4.79. The number of hydrogen-bond donors (Lipinski definition) is 2. The topological polar surface area (TPSA) is 83.6 Å². The van der Waals surface area contributed by atoms with E-state index in [-0.39, 0.29) is 36.4 Å². The third-order valence-corrected chi connectivity index (χ3v) is 3.26. The highest BCUT2D eigenvalue weighted by atomic mass is 127. The molecule has 0 radical (unpaired) electrons. The summed E-state index contributed by atoms with van der Waals surface area (Å²) in [6.07, 6.45) is 4.72. The third-order valence-electron chi connectivity index (χ3n) is 3.26. The van der Waals surface area contributed by atoms with E-state index in [4.69, 9.17) is 5.73 Å². The molecule has 1 fully saturated rings. The molecule has 0 bridgehead atoms. The minimum atomic E-state index is 0. The summed E-state index contributed by atoms with van der Waals surface area (Å²) in [5.41, 5.74) is 6.73. The molecule has 1 aromatic heterocycles. The van der Waals surface area contributed by atoms with Crippen molar-refractivity contribution in [3.8, 4) is 0 Å². The SMILES string of the molecule is I.NC(=NCC(=O)N1CCCC1)NCCc1ccccn1. The van der Waals surface area contributed by atoms with Crippen molar-refractivity contribution in [2.45, 2.75) is 19.3 Å². The quantitative estimate of drug-likeness (QED) is 0.432. The van der Waals surface area contributed by atoms with Crippen molar-refractivity contribution in [1.82, 2.24) is 15.2 Å². The van der Waals surface area contributed by atoms with Crippen LogP contribution in [0.1, 0.15) is 18.5 Å². The molecule has 2 rings (SSSR count). The molecule has 1 aromatic rings. The van der Waals surface area contributed by atoms with E-state index in [0.717, 1.165) is 38.0 Å². The van der Waals surface area contributed by atoms with Gasteiger partial charge >= 0.3 is 0 Å². The fraction of sp³-hybridized carbons (Fsp3) is 0.500. The minimum absolute atomic E-state index is 0. The normalized spacial score (nSPS) is 14.7. The molecule has 2 heterocycles. The number of rotatable bonds is 5. The Morgan fingerprint density at radius 3 is 2.81 bits per heavy atom. The summed E-state index contributed by atoms with van der Waals surface area (Å²) in [5, 5.41) is 2.99. The van der Waals surface area contributed by atoms with E-state index in [1.807, 2.05) is 23.1 Å². The Bertz CT molecular complexity index is 460. The Labute approximate surface area is 142 Å². The molecular formula is C14H22IN5O. The van der Waals surface area contributed by atoms with Gasteiger partial charge in [-0.1, -0.05) is 6.07 Å². The Kier molecular flexibility index (Phi) is 8.03. The Morgan fingerprint density at radius 1 is 1.38 bits per heavy atom. The first-order chi connectivity index (χ1) is 9.75. The number of amides is 1. The molecule has 1 saturated heterocycles. The predicted octanol–water partition coefficient (Wildman–Crippen LogP) is 0.769. The lowest BCUT2D eigenvalue weighted by Gasteiger charge is -2.13. The maximum absolute atomic E-state index is 11.8. The van der Waals surface area contributed by atoms with Crippen LogP contribution in [-0.2, 0) is 11.2 Å². The maximum Gasteiger partial charge on any atom is 0.244 e. The molecule has 0 aromatic carbocycles. The fourth-order valence-corrected chi connectivity index (χ4v) is 2.14. The van der Waals surface area contributed by atoms with Gasteiger partial charge in [-0.2, -0.15) is 0 Å². The molecule has 7 heteroatoms. The van der Waals surface area contributed by atoms with E-state index in [1.165, 1.54) is 0 Å². The Balaban J connectivity index is 0.00000220. The molecule has 0 atom stereocenters. The zero-order chi connectivity index (χ0) is 14.2. The van der Waals surface area contributed by atoms with Gasteiger partial charge in [-0.15, -0.1) is 24.0 Å². The number of likely N-dealkylation sites (tertiary alicyclic amines) is 1. The summed E-state index contributed by atoms with van der Waals surface area (Å²) >= 11 is 0. The molecular weight excluding hydrogens is 381 g/mol. The van der Waals surface area contributed by atoms with Crippen LogP contribution in [0.5, 0.6) is 0 Å². The van der Waals surface area contributed by atoms with Gasteiger partial charge in [0, 0.05) is 37.9 Å². The van der Waals surface area contributed by atoms with Gasteiger partial charge in [-0.05, 0) is 25.0 Å². The highest BCUT2D eigenvalue weighted by molar-refractivity contribution is 14.0. The summed E-state index contributed by atoms with van der Waals surface area (Å²) < 4.78 is 0. The van der Waals surface area contributed by atoms with Gasteiger partial charge in [-0.25, -0.2) is 4.99 Å². The maximum atomic E-state index is 11.8. The zero-order valence-electron chi connectivity index (χ0n) is 12.0. The summed E-state index contributed by atoms with van der Waals surface area (Å²) in [6.45, 7) is 2.48. The number of halogens is 1. The highest BCUT2D eigenvalue weighted by Crippen LogP contribution is 2.07. The number of aromatic nitrogens is 1. The second kappa shape index (κ2) is 9.54. The van der Waals surface area contributed by atoms with Crippen molar-refractivity contribution in [3.63, 3.8) is 0 Å². The van der Waals surface area contributed by atoms with E-state index in [2.05, 4.69) is 15.3 Å². The summed E-state index contributed by atoms with van der Waals surface area (Å²) in [6, 6.07) is 5.80. The largest absolute Gasteiger partial charge is 0.370 e. The van der Waals surface area contributed by atoms with E-state index in [9.17, 15) is 4.79 Å². The van der Waals surface area contributed by atoms with Crippen LogP contribution in [0.4, 0.5) is 0 Å². The van der Waals surface area contributed by atoms with Crippen molar-refractivity contribution in [1.29, 1.82) is 0 Å². The molecule has 6 nitrogen and oxygen atoms in total. The number of carbonyl (C=O) groups excluding carboxylic acids is 1. The van der Waals surface area contributed by atoms with Gasteiger partial charge in [0.05, 0.1) is 0 Å². The van der Waals surface area contributed by atoms with Crippen molar-refractivity contribution in [3.05, 3.63) is 30.1 Å². The monoisotopic (exact) mass is 403 g/mol. The number of hydrogen-bond acceptors (Lipinski definition) is 3. The Hall–Kier alpha value is -1.38. The van der Waals surface area contributed by atoms with Crippen molar-refractivity contribution in [2.75, 3.05) is 26.2 Å². The van der Waals surface area contributed by atoms with E-state index < -0.39 is 0 Å². The Morgan fingerprint density at radius 2 is 2.14 bits per heavy atom. The van der Waals surface area contributed by atoms with Gasteiger partial charge in [-0.3, -0.25) is 9.78 Å². The fourth-order valence-electron chi connectivity index (χ4n) is 2.14. The van der Waals surface area contributed by atoms with Crippen molar-refractivity contribution in [2.24, 2.45) is 10.7 Å². The average Bonchev–Trinajstić information content (AvgIpc) is 3.00. The molecule has 0 spiro atoms. The van der Waals surface area contributed by atoms with Crippen LogP contribution < -0.4 is 11.1 Å². The lowest BCUT2D eigenvalue weighted by molar-refractivity contribution is -0.128. The van der Waals surface area contributed by atoms with Crippen LogP contribution in [0.25, 0.3) is 0 Å².